The maximum Gasteiger partial charge on any atom is 0.0561 e. The van der Waals surface area contributed by atoms with Gasteiger partial charge in [0.1, 0.15) is 0 Å². The van der Waals surface area contributed by atoms with Crippen LogP contribution in [0.5, 0.6) is 0 Å². The number of hydrogen-bond acceptors (Lipinski definition) is 2. The molecule has 1 heterocycles. The van der Waals surface area contributed by atoms with Crippen LogP contribution in [0.25, 0.3) is 0 Å². The van der Waals surface area contributed by atoms with Crippen LogP contribution in [-0.4, -0.2) is 17.2 Å². The SMILES string of the molecule is CC(C)CC(C)C1NC(C)CS1. The smallest absolute Gasteiger partial charge is 0.0561 e. The first-order valence-corrected chi connectivity index (χ1v) is 6.02. The lowest BCUT2D eigenvalue weighted by Gasteiger charge is -2.20. The first kappa shape index (κ1) is 10.4. The molecule has 1 N–H and O–H groups in total. The fourth-order valence-corrected chi connectivity index (χ4v) is 3.18. The van der Waals surface area contributed by atoms with Gasteiger partial charge in [-0.05, 0) is 25.2 Å². The third kappa shape index (κ3) is 2.98. The predicted octanol–water partition coefficient (Wildman–Crippen LogP) is 2.72. The molecule has 0 radical (unpaired) electrons. The standard InChI is InChI=1S/C10H21NS/c1-7(2)5-8(3)10-11-9(4)6-12-10/h7-11H,5-6H2,1-4H3. The molecule has 1 fully saturated rings. The molecule has 0 spiro atoms. The van der Waals surface area contributed by atoms with Gasteiger partial charge in [0.2, 0.25) is 0 Å². The lowest BCUT2D eigenvalue weighted by Crippen LogP contribution is -2.32. The number of thioether (sulfide) groups is 1. The molecule has 0 aromatic heterocycles. The Morgan fingerprint density at radius 2 is 2.08 bits per heavy atom. The summed E-state index contributed by atoms with van der Waals surface area (Å²) in [6, 6.07) is 0.717. The van der Waals surface area contributed by atoms with Gasteiger partial charge in [-0.2, -0.15) is 0 Å². The lowest BCUT2D eigenvalue weighted by atomic mass is 9.98. The first-order valence-electron chi connectivity index (χ1n) is 4.97. The molecular weight excluding hydrogens is 166 g/mol. The van der Waals surface area contributed by atoms with Gasteiger partial charge < -0.3 is 5.32 Å². The minimum absolute atomic E-state index is 0.711. The molecule has 12 heavy (non-hydrogen) atoms. The average Bonchev–Trinajstić information content (AvgIpc) is 2.34. The van der Waals surface area contributed by atoms with E-state index < -0.39 is 0 Å². The fraction of sp³-hybridized carbons (Fsp3) is 1.00. The zero-order chi connectivity index (χ0) is 9.14. The van der Waals surface area contributed by atoms with Crippen molar-refractivity contribution < 1.29 is 0 Å². The Bertz CT molecular complexity index is 136. The zero-order valence-corrected chi connectivity index (χ0v) is 9.45. The van der Waals surface area contributed by atoms with Gasteiger partial charge in [-0.1, -0.05) is 20.8 Å². The minimum atomic E-state index is 0.711. The second kappa shape index (κ2) is 4.52. The minimum Gasteiger partial charge on any atom is -0.302 e. The molecule has 2 heteroatoms. The van der Waals surface area contributed by atoms with E-state index in [1.54, 1.807) is 0 Å². The van der Waals surface area contributed by atoms with Gasteiger partial charge >= 0.3 is 0 Å². The van der Waals surface area contributed by atoms with Crippen LogP contribution in [0.1, 0.15) is 34.1 Å². The van der Waals surface area contributed by atoms with Crippen molar-refractivity contribution in [2.75, 3.05) is 5.75 Å². The normalized spacial score (nSPS) is 32.8. The van der Waals surface area contributed by atoms with Gasteiger partial charge in [0.15, 0.2) is 0 Å². The highest BCUT2D eigenvalue weighted by atomic mass is 32.2. The zero-order valence-electron chi connectivity index (χ0n) is 8.63. The van der Waals surface area contributed by atoms with Crippen LogP contribution < -0.4 is 5.32 Å². The van der Waals surface area contributed by atoms with Crippen LogP contribution in [0.3, 0.4) is 0 Å². The highest BCUT2D eigenvalue weighted by Crippen LogP contribution is 2.28. The van der Waals surface area contributed by atoms with Crippen molar-refractivity contribution >= 4 is 11.8 Å². The summed E-state index contributed by atoms with van der Waals surface area (Å²) in [5.41, 5.74) is 0. The Labute approximate surface area is 80.7 Å². The quantitative estimate of drug-likeness (QED) is 0.729. The monoisotopic (exact) mass is 187 g/mol. The van der Waals surface area contributed by atoms with E-state index in [-0.39, 0.29) is 0 Å². The summed E-state index contributed by atoms with van der Waals surface area (Å²) >= 11 is 2.09. The van der Waals surface area contributed by atoms with E-state index in [9.17, 15) is 0 Å². The Morgan fingerprint density at radius 1 is 1.42 bits per heavy atom. The summed E-state index contributed by atoms with van der Waals surface area (Å²) in [5, 5.41) is 4.33. The number of hydrogen-bond donors (Lipinski definition) is 1. The Balaban J connectivity index is 2.28. The molecular formula is C10H21NS. The van der Waals surface area contributed by atoms with E-state index in [4.69, 9.17) is 0 Å². The highest BCUT2D eigenvalue weighted by Gasteiger charge is 2.25. The number of rotatable bonds is 3. The molecule has 0 amide bonds. The predicted molar refractivity (Wildman–Crippen MR) is 57.5 cm³/mol. The number of nitrogens with one attached hydrogen (secondary N) is 1. The Kier molecular flexibility index (Phi) is 3.91. The average molecular weight is 187 g/mol. The fourth-order valence-electron chi connectivity index (χ4n) is 1.82. The molecule has 0 aliphatic carbocycles. The van der Waals surface area contributed by atoms with E-state index in [2.05, 4.69) is 44.8 Å². The molecule has 0 saturated carbocycles. The van der Waals surface area contributed by atoms with Crippen LogP contribution in [0.4, 0.5) is 0 Å². The summed E-state index contributed by atoms with van der Waals surface area (Å²) < 4.78 is 0. The third-order valence-corrected chi connectivity index (χ3v) is 3.99. The van der Waals surface area contributed by atoms with E-state index >= 15 is 0 Å². The molecule has 1 rings (SSSR count). The second-order valence-electron chi connectivity index (χ2n) is 4.43. The van der Waals surface area contributed by atoms with Crippen molar-refractivity contribution in [2.24, 2.45) is 11.8 Å². The van der Waals surface area contributed by atoms with Gasteiger partial charge in [-0.3, -0.25) is 0 Å². The summed E-state index contributed by atoms with van der Waals surface area (Å²) in [6.45, 7) is 9.25. The molecule has 1 saturated heterocycles. The largest absolute Gasteiger partial charge is 0.302 e. The molecule has 72 valence electrons. The molecule has 3 unspecified atom stereocenters. The maximum absolute atomic E-state index is 3.62. The van der Waals surface area contributed by atoms with Crippen LogP contribution >= 0.6 is 11.8 Å². The van der Waals surface area contributed by atoms with Crippen LogP contribution in [0, 0.1) is 11.8 Å². The van der Waals surface area contributed by atoms with Crippen LogP contribution in [-0.2, 0) is 0 Å². The van der Waals surface area contributed by atoms with Crippen LogP contribution in [0.15, 0.2) is 0 Å². The van der Waals surface area contributed by atoms with Gasteiger partial charge in [0, 0.05) is 11.8 Å². The molecule has 3 atom stereocenters. The molecule has 0 aromatic carbocycles. The first-order chi connectivity index (χ1) is 5.59. The second-order valence-corrected chi connectivity index (χ2v) is 5.60. The summed E-state index contributed by atoms with van der Waals surface area (Å²) in [4.78, 5) is 0. The van der Waals surface area contributed by atoms with Crippen molar-refractivity contribution in [3.8, 4) is 0 Å². The molecule has 1 aliphatic rings. The van der Waals surface area contributed by atoms with E-state index in [1.165, 1.54) is 12.2 Å². The topological polar surface area (TPSA) is 12.0 Å². The molecule has 0 aromatic rings. The van der Waals surface area contributed by atoms with Crippen molar-refractivity contribution in [1.82, 2.24) is 5.32 Å². The maximum atomic E-state index is 3.62. The van der Waals surface area contributed by atoms with Gasteiger partial charge in [0.05, 0.1) is 5.37 Å². The van der Waals surface area contributed by atoms with Crippen molar-refractivity contribution in [1.29, 1.82) is 0 Å². The third-order valence-electron chi connectivity index (χ3n) is 2.33. The Morgan fingerprint density at radius 3 is 2.50 bits per heavy atom. The van der Waals surface area contributed by atoms with Crippen molar-refractivity contribution in [3.63, 3.8) is 0 Å². The Hall–Kier alpha value is 0.310. The summed E-state index contributed by atoms with van der Waals surface area (Å²) in [5.74, 6) is 2.94. The van der Waals surface area contributed by atoms with E-state index in [0.29, 0.717) is 5.37 Å². The molecule has 0 bridgehead atoms. The van der Waals surface area contributed by atoms with E-state index in [1.807, 2.05) is 0 Å². The summed E-state index contributed by atoms with van der Waals surface area (Å²) in [6.07, 6.45) is 1.34. The van der Waals surface area contributed by atoms with Crippen molar-refractivity contribution in [3.05, 3.63) is 0 Å². The van der Waals surface area contributed by atoms with Crippen molar-refractivity contribution in [2.45, 2.75) is 45.5 Å². The summed E-state index contributed by atoms with van der Waals surface area (Å²) in [7, 11) is 0. The molecule has 1 nitrogen and oxygen atoms in total. The lowest BCUT2D eigenvalue weighted by molar-refractivity contribution is 0.389. The van der Waals surface area contributed by atoms with Gasteiger partial charge in [-0.25, -0.2) is 0 Å². The van der Waals surface area contributed by atoms with Gasteiger partial charge in [0.25, 0.3) is 0 Å². The van der Waals surface area contributed by atoms with Crippen LogP contribution in [0.2, 0.25) is 0 Å². The highest BCUT2D eigenvalue weighted by molar-refractivity contribution is 8.00. The van der Waals surface area contributed by atoms with E-state index in [0.717, 1.165) is 17.9 Å². The van der Waals surface area contributed by atoms with Gasteiger partial charge in [-0.15, -0.1) is 11.8 Å². The molecule has 1 aliphatic heterocycles.